The summed E-state index contributed by atoms with van der Waals surface area (Å²) in [6.45, 7) is 0.550. The molecule has 0 spiro atoms. The van der Waals surface area contributed by atoms with Crippen molar-refractivity contribution in [1.29, 1.82) is 0 Å². The van der Waals surface area contributed by atoms with Gasteiger partial charge in [0.1, 0.15) is 0 Å². The van der Waals surface area contributed by atoms with Crippen LogP contribution in [0.2, 0.25) is 5.02 Å². The van der Waals surface area contributed by atoms with E-state index in [-0.39, 0.29) is 11.3 Å². The number of hydrogen-bond donors (Lipinski definition) is 1. The summed E-state index contributed by atoms with van der Waals surface area (Å²) in [4.78, 5) is 13.0. The van der Waals surface area contributed by atoms with Crippen molar-refractivity contribution >= 4 is 17.5 Å². The first-order valence-electron chi connectivity index (χ1n) is 9.67. The lowest BCUT2D eigenvalue weighted by molar-refractivity contribution is -0.146. The van der Waals surface area contributed by atoms with E-state index in [4.69, 9.17) is 11.6 Å². The fraction of sp³-hybridized carbons (Fsp3) is 0.524. The Morgan fingerprint density at radius 2 is 1.73 bits per heavy atom. The number of carbonyl (C=O) groups is 1. The summed E-state index contributed by atoms with van der Waals surface area (Å²) in [5, 5.41) is 8.34. The van der Waals surface area contributed by atoms with Crippen LogP contribution in [0.5, 0.6) is 0 Å². The normalized spacial score (nSPS) is 32.0. The van der Waals surface area contributed by atoms with Gasteiger partial charge in [0.25, 0.3) is 0 Å². The smallest absolute Gasteiger partial charge is 0.226 e. The summed E-state index contributed by atoms with van der Waals surface area (Å²) in [6, 6.07) is 7.58. The Balaban J connectivity index is 1.25. The molecule has 4 aliphatic carbocycles. The molecule has 136 valence electrons. The third-order valence-corrected chi connectivity index (χ3v) is 6.95. The zero-order valence-corrected chi connectivity index (χ0v) is 15.6. The molecular weight excluding hydrogens is 346 g/mol. The number of amides is 1. The Kier molecular flexibility index (Phi) is 3.85. The van der Waals surface area contributed by atoms with Gasteiger partial charge in [0.05, 0.1) is 11.9 Å². The molecule has 0 aliphatic heterocycles. The topological polar surface area (TPSA) is 46.9 Å². The Morgan fingerprint density at radius 1 is 1.12 bits per heavy atom. The summed E-state index contributed by atoms with van der Waals surface area (Å²) in [5.74, 6) is 2.65. The Hall–Kier alpha value is -1.81. The van der Waals surface area contributed by atoms with Gasteiger partial charge in [0.15, 0.2) is 0 Å². The van der Waals surface area contributed by atoms with Gasteiger partial charge in [-0.3, -0.25) is 4.79 Å². The molecule has 4 nitrogen and oxygen atoms in total. The van der Waals surface area contributed by atoms with Crippen molar-refractivity contribution in [2.24, 2.45) is 23.2 Å². The maximum atomic E-state index is 13.0. The van der Waals surface area contributed by atoms with E-state index in [0.29, 0.717) is 11.6 Å². The van der Waals surface area contributed by atoms with Crippen molar-refractivity contribution in [1.82, 2.24) is 15.1 Å². The second-order valence-electron chi connectivity index (χ2n) is 8.65. The van der Waals surface area contributed by atoms with Crippen LogP contribution in [-0.2, 0) is 11.3 Å². The largest absolute Gasteiger partial charge is 0.351 e. The maximum absolute atomic E-state index is 13.0. The number of benzene rings is 1. The first-order valence-corrected chi connectivity index (χ1v) is 10.1. The lowest BCUT2D eigenvalue weighted by Crippen LogP contribution is -2.53. The zero-order chi connectivity index (χ0) is 17.7. The highest BCUT2D eigenvalue weighted by atomic mass is 35.5. The highest BCUT2D eigenvalue weighted by Gasteiger charge is 2.54. The zero-order valence-electron chi connectivity index (χ0n) is 14.8. The first-order chi connectivity index (χ1) is 12.6. The molecule has 1 N–H and O–H groups in total. The van der Waals surface area contributed by atoms with Gasteiger partial charge in [0.2, 0.25) is 5.91 Å². The number of aromatic nitrogens is 2. The van der Waals surface area contributed by atoms with Crippen LogP contribution in [-0.4, -0.2) is 15.7 Å². The van der Waals surface area contributed by atoms with Gasteiger partial charge in [-0.2, -0.15) is 5.10 Å². The molecule has 1 amide bonds. The molecule has 4 saturated carbocycles. The highest BCUT2D eigenvalue weighted by molar-refractivity contribution is 6.30. The van der Waals surface area contributed by atoms with E-state index in [0.717, 1.165) is 48.3 Å². The van der Waals surface area contributed by atoms with E-state index in [2.05, 4.69) is 10.4 Å². The lowest BCUT2D eigenvalue weighted by atomic mass is 9.49. The third-order valence-electron chi connectivity index (χ3n) is 6.70. The fourth-order valence-corrected chi connectivity index (χ4v) is 6.07. The second-order valence-corrected chi connectivity index (χ2v) is 9.09. The van der Waals surface area contributed by atoms with Crippen LogP contribution < -0.4 is 5.32 Å². The van der Waals surface area contributed by atoms with Crippen LogP contribution in [0.15, 0.2) is 36.7 Å². The number of hydrogen-bond acceptors (Lipinski definition) is 2. The van der Waals surface area contributed by atoms with E-state index in [1.54, 1.807) is 0 Å². The molecule has 0 radical (unpaired) electrons. The monoisotopic (exact) mass is 369 g/mol. The molecule has 2 aromatic rings. The Bertz CT molecular complexity index is 791. The summed E-state index contributed by atoms with van der Waals surface area (Å²) in [6.07, 6.45) is 11.2. The molecule has 0 unspecified atom stereocenters. The lowest BCUT2D eigenvalue weighted by Gasteiger charge is -2.55. The van der Waals surface area contributed by atoms with Gasteiger partial charge >= 0.3 is 0 Å². The minimum atomic E-state index is -0.0824. The van der Waals surface area contributed by atoms with Gasteiger partial charge in [-0.25, -0.2) is 4.68 Å². The molecule has 4 fully saturated rings. The van der Waals surface area contributed by atoms with Gasteiger partial charge < -0.3 is 5.32 Å². The second kappa shape index (κ2) is 6.12. The van der Waals surface area contributed by atoms with Crippen molar-refractivity contribution in [2.75, 3.05) is 0 Å². The van der Waals surface area contributed by atoms with Crippen LogP contribution >= 0.6 is 11.6 Å². The SMILES string of the molecule is O=C(NCc1cnn(-c2ccc(Cl)cc2)c1)C12CC3CC(CC(C3)C1)C2. The van der Waals surface area contributed by atoms with E-state index >= 15 is 0 Å². The molecule has 6 rings (SSSR count). The molecule has 4 aliphatic rings. The molecule has 0 atom stereocenters. The van der Waals surface area contributed by atoms with Crippen LogP contribution in [0.1, 0.15) is 44.1 Å². The molecule has 1 aromatic heterocycles. The predicted octanol–water partition coefficient (Wildman–Crippen LogP) is 4.36. The summed E-state index contributed by atoms with van der Waals surface area (Å²) in [7, 11) is 0. The van der Waals surface area contributed by atoms with Crippen molar-refractivity contribution in [3.8, 4) is 5.69 Å². The molecule has 5 heteroatoms. The molecule has 0 saturated heterocycles. The third kappa shape index (κ3) is 2.84. The molecule has 1 heterocycles. The van der Waals surface area contributed by atoms with Crippen LogP contribution in [0.3, 0.4) is 0 Å². The predicted molar refractivity (Wildman–Crippen MR) is 101 cm³/mol. The van der Waals surface area contributed by atoms with Gasteiger partial charge in [0, 0.05) is 28.7 Å². The maximum Gasteiger partial charge on any atom is 0.226 e. The molecular formula is C21H24ClN3O. The van der Waals surface area contributed by atoms with Gasteiger partial charge in [-0.1, -0.05) is 11.6 Å². The minimum absolute atomic E-state index is 0.0824. The standard InChI is InChI=1S/C21H24ClN3O/c22-18-1-3-19(4-2-18)25-13-17(12-24-25)11-23-20(26)21-8-14-5-15(9-21)7-16(6-14)10-21/h1-4,12-16H,5-11H2,(H,23,26). The molecule has 4 bridgehead atoms. The van der Waals surface area contributed by atoms with E-state index in [1.807, 2.05) is 41.3 Å². The first kappa shape index (κ1) is 16.4. The van der Waals surface area contributed by atoms with Gasteiger partial charge in [-0.15, -0.1) is 0 Å². The van der Waals surface area contributed by atoms with Crippen LogP contribution in [0.4, 0.5) is 0 Å². The average molecular weight is 370 g/mol. The van der Waals surface area contributed by atoms with Gasteiger partial charge in [-0.05, 0) is 80.5 Å². The number of nitrogens with one attached hydrogen (secondary N) is 1. The molecule has 1 aromatic carbocycles. The van der Waals surface area contributed by atoms with Crippen molar-refractivity contribution < 1.29 is 4.79 Å². The van der Waals surface area contributed by atoms with Crippen LogP contribution in [0.25, 0.3) is 5.69 Å². The van der Waals surface area contributed by atoms with Crippen molar-refractivity contribution in [3.63, 3.8) is 0 Å². The summed E-state index contributed by atoms with van der Waals surface area (Å²) in [5.41, 5.74) is 1.91. The average Bonchev–Trinajstić information content (AvgIpc) is 3.08. The Labute approximate surface area is 158 Å². The number of halogens is 1. The number of carbonyl (C=O) groups excluding carboxylic acids is 1. The number of rotatable bonds is 4. The van der Waals surface area contributed by atoms with E-state index in [1.165, 1.54) is 19.3 Å². The molecule has 26 heavy (non-hydrogen) atoms. The summed E-state index contributed by atoms with van der Waals surface area (Å²) < 4.78 is 1.82. The summed E-state index contributed by atoms with van der Waals surface area (Å²) >= 11 is 5.94. The van der Waals surface area contributed by atoms with Crippen molar-refractivity contribution in [2.45, 2.75) is 45.1 Å². The Morgan fingerprint density at radius 3 is 2.35 bits per heavy atom. The number of nitrogens with zero attached hydrogens (tertiary/aromatic N) is 2. The quantitative estimate of drug-likeness (QED) is 0.870. The van der Waals surface area contributed by atoms with Crippen LogP contribution in [0, 0.1) is 23.2 Å². The highest BCUT2D eigenvalue weighted by Crippen LogP contribution is 2.60. The fourth-order valence-electron chi connectivity index (χ4n) is 5.94. The van der Waals surface area contributed by atoms with Crippen molar-refractivity contribution in [3.05, 3.63) is 47.2 Å². The van der Waals surface area contributed by atoms with E-state index in [9.17, 15) is 4.79 Å². The minimum Gasteiger partial charge on any atom is -0.351 e. The van der Waals surface area contributed by atoms with E-state index < -0.39 is 0 Å².